The van der Waals surface area contributed by atoms with E-state index in [0.717, 1.165) is 11.1 Å². The molecule has 4 aromatic rings. The summed E-state index contributed by atoms with van der Waals surface area (Å²) in [6.45, 7) is 4.94. The van der Waals surface area contributed by atoms with Crippen LogP contribution in [0.25, 0.3) is 22.3 Å². The lowest BCUT2D eigenvalue weighted by Gasteiger charge is -2.14. The third-order valence-electron chi connectivity index (χ3n) is 6.15. The van der Waals surface area contributed by atoms with Gasteiger partial charge in [-0.15, -0.1) is 0 Å². The second-order valence-corrected chi connectivity index (χ2v) is 9.75. The average Bonchev–Trinajstić information content (AvgIpc) is 3.29. The molecule has 3 aromatic carbocycles. The minimum absolute atomic E-state index is 0.169. The standard InChI is InChI=1S/C30H31FN4O5/c1-17(2)16-35-29(37)20-6-10-24(39-12-11-34-30(33)38)21(15-20)13-18-3-9-25-23(14-18)26(28(32)36)27(40-25)19-4-7-22(31)8-5-19/h3-10,14-15,17H,11-13,16H2,1-2H3,(H2,32,36)(H,35,37)(H3,33,34,38). The van der Waals surface area contributed by atoms with Gasteiger partial charge in [-0.2, -0.15) is 0 Å². The fourth-order valence-corrected chi connectivity index (χ4v) is 4.26. The largest absolute Gasteiger partial charge is 0.491 e. The summed E-state index contributed by atoms with van der Waals surface area (Å²) in [4.78, 5) is 36.2. The van der Waals surface area contributed by atoms with E-state index < -0.39 is 17.8 Å². The Labute approximate surface area is 230 Å². The Bertz CT molecular complexity index is 1550. The highest BCUT2D eigenvalue weighted by Crippen LogP contribution is 2.35. The molecule has 0 bridgehead atoms. The van der Waals surface area contributed by atoms with Crippen LogP contribution in [-0.2, 0) is 6.42 Å². The Morgan fingerprint density at radius 3 is 2.40 bits per heavy atom. The molecule has 0 fully saturated rings. The number of nitrogens with one attached hydrogen (secondary N) is 2. The molecule has 6 N–H and O–H groups in total. The smallest absolute Gasteiger partial charge is 0.312 e. The molecule has 0 saturated heterocycles. The van der Waals surface area contributed by atoms with Gasteiger partial charge in [-0.3, -0.25) is 9.59 Å². The number of carbonyl (C=O) groups excluding carboxylic acids is 3. The number of primary amides is 2. The van der Waals surface area contributed by atoms with E-state index in [0.29, 0.717) is 46.7 Å². The minimum Gasteiger partial charge on any atom is -0.491 e. The fourth-order valence-electron chi connectivity index (χ4n) is 4.26. The number of fused-ring (bicyclic) bond motifs is 1. The lowest BCUT2D eigenvalue weighted by atomic mass is 9.98. The second kappa shape index (κ2) is 12.3. The number of hydrogen-bond acceptors (Lipinski definition) is 5. The van der Waals surface area contributed by atoms with E-state index in [1.165, 1.54) is 24.3 Å². The highest BCUT2D eigenvalue weighted by Gasteiger charge is 2.21. The Balaban J connectivity index is 1.69. The topological polar surface area (TPSA) is 150 Å². The molecule has 4 rings (SSSR count). The molecule has 1 heterocycles. The summed E-state index contributed by atoms with van der Waals surface area (Å²) in [5, 5.41) is 5.90. The van der Waals surface area contributed by atoms with Gasteiger partial charge in [0.1, 0.15) is 29.5 Å². The van der Waals surface area contributed by atoms with Gasteiger partial charge in [0.05, 0.1) is 12.1 Å². The van der Waals surface area contributed by atoms with Crippen LogP contribution in [0.2, 0.25) is 0 Å². The molecule has 1 aromatic heterocycles. The summed E-state index contributed by atoms with van der Waals surface area (Å²) in [5.74, 6) is -0.210. The average molecular weight is 547 g/mol. The van der Waals surface area contributed by atoms with Crippen LogP contribution in [0.1, 0.15) is 45.7 Å². The van der Waals surface area contributed by atoms with Crippen molar-refractivity contribution in [3.05, 3.63) is 88.7 Å². The summed E-state index contributed by atoms with van der Waals surface area (Å²) in [6.07, 6.45) is 0.356. The SMILES string of the molecule is CC(C)CNC(=O)c1ccc(OCCNC(N)=O)c(Cc2ccc3oc(-c4ccc(F)cc4)c(C(N)=O)c3c2)c1. The van der Waals surface area contributed by atoms with Crippen LogP contribution < -0.4 is 26.8 Å². The van der Waals surface area contributed by atoms with Gasteiger partial charge in [-0.05, 0) is 71.6 Å². The molecule has 40 heavy (non-hydrogen) atoms. The Kier molecular flexibility index (Phi) is 8.68. The molecular weight excluding hydrogens is 515 g/mol. The van der Waals surface area contributed by atoms with Gasteiger partial charge in [0, 0.05) is 29.5 Å². The number of benzene rings is 3. The third kappa shape index (κ3) is 6.76. The van der Waals surface area contributed by atoms with E-state index in [1.807, 2.05) is 19.9 Å². The van der Waals surface area contributed by atoms with Crippen LogP contribution in [0.4, 0.5) is 9.18 Å². The predicted molar refractivity (Wildman–Crippen MR) is 150 cm³/mol. The quantitative estimate of drug-likeness (QED) is 0.206. The maximum atomic E-state index is 13.5. The highest BCUT2D eigenvalue weighted by atomic mass is 19.1. The Hall–Kier alpha value is -4.86. The van der Waals surface area contributed by atoms with Crippen molar-refractivity contribution in [2.24, 2.45) is 17.4 Å². The molecule has 0 spiro atoms. The summed E-state index contributed by atoms with van der Waals surface area (Å²) in [6, 6.07) is 15.5. The van der Waals surface area contributed by atoms with E-state index in [1.54, 1.807) is 30.3 Å². The molecule has 208 valence electrons. The van der Waals surface area contributed by atoms with Crippen LogP contribution in [0.15, 0.2) is 65.1 Å². The lowest BCUT2D eigenvalue weighted by Crippen LogP contribution is -2.32. The van der Waals surface area contributed by atoms with E-state index in [2.05, 4.69) is 10.6 Å². The summed E-state index contributed by atoms with van der Waals surface area (Å²) >= 11 is 0. The number of urea groups is 1. The second-order valence-electron chi connectivity index (χ2n) is 9.75. The van der Waals surface area contributed by atoms with Crippen LogP contribution in [0.3, 0.4) is 0 Å². The molecule has 10 heteroatoms. The third-order valence-corrected chi connectivity index (χ3v) is 6.15. The van der Waals surface area contributed by atoms with Crippen molar-refractivity contribution >= 4 is 28.8 Å². The van der Waals surface area contributed by atoms with Crippen molar-refractivity contribution in [2.45, 2.75) is 20.3 Å². The first-order valence-electron chi connectivity index (χ1n) is 12.8. The molecule has 0 unspecified atom stereocenters. The molecule has 0 aliphatic rings. The van der Waals surface area contributed by atoms with Crippen LogP contribution in [0, 0.1) is 11.7 Å². The highest BCUT2D eigenvalue weighted by molar-refractivity contribution is 6.10. The van der Waals surface area contributed by atoms with Crippen molar-refractivity contribution in [1.82, 2.24) is 10.6 Å². The number of hydrogen-bond donors (Lipinski definition) is 4. The van der Waals surface area contributed by atoms with Gasteiger partial charge >= 0.3 is 6.03 Å². The summed E-state index contributed by atoms with van der Waals surface area (Å²) < 4.78 is 25.3. The number of amides is 4. The van der Waals surface area contributed by atoms with Crippen LogP contribution >= 0.6 is 0 Å². The normalized spacial score (nSPS) is 11.0. The first-order valence-corrected chi connectivity index (χ1v) is 12.8. The number of halogens is 1. The zero-order chi connectivity index (χ0) is 28.8. The van der Waals surface area contributed by atoms with Gasteiger partial charge in [-0.1, -0.05) is 19.9 Å². The van der Waals surface area contributed by atoms with E-state index in [-0.39, 0.29) is 30.4 Å². The van der Waals surface area contributed by atoms with Crippen molar-refractivity contribution in [3.8, 4) is 17.1 Å². The van der Waals surface area contributed by atoms with E-state index in [9.17, 15) is 18.8 Å². The molecule has 4 amide bonds. The fraction of sp³-hybridized carbons (Fsp3) is 0.233. The number of nitrogens with two attached hydrogens (primary N) is 2. The van der Waals surface area contributed by atoms with Gasteiger partial charge in [0.25, 0.3) is 11.8 Å². The number of ether oxygens (including phenoxy) is 1. The van der Waals surface area contributed by atoms with Crippen molar-refractivity contribution in [1.29, 1.82) is 0 Å². The molecule has 0 aliphatic heterocycles. The summed E-state index contributed by atoms with van der Waals surface area (Å²) in [5.41, 5.74) is 14.0. The van der Waals surface area contributed by atoms with Gasteiger partial charge in [0.15, 0.2) is 0 Å². The van der Waals surface area contributed by atoms with Gasteiger partial charge < -0.3 is 31.3 Å². The zero-order valence-corrected chi connectivity index (χ0v) is 22.3. The van der Waals surface area contributed by atoms with Crippen LogP contribution in [-0.4, -0.2) is 37.5 Å². The maximum absolute atomic E-state index is 13.5. The van der Waals surface area contributed by atoms with Crippen molar-refractivity contribution in [2.75, 3.05) is 19.7 Å². The Morgan fingerprint density at radius 2 is 1.73 bits per heavy atom. The van der Waals surface area contributed by atoms with Gasteiger partial charge in [-0.25, -0.2) is 9.18 Å². The monoisotopic (exact) mass is 546 g/mol. The molecule has 0 aliphatic carbocycles. The van der Waals surface area contributed by atoms with Crippen molar-refractivity contribution < 1.29 is 27.9 Å². The van der Waals surface area contributed by atoms with E-state index >= 15 is 0 Å². The van der Waals surface area contributed by atoms with Crippen molar-refractivity contribution in [3.63, 3.8) is 0 Å². The Morgan fingerprint density at radius 1 is 0.975 bits per heavy atom. The molecule has 0 atom stereocenters. The zero-order valence-electron chi connectivity index (χ0n) is 22.3. The van der Waals surface area contributed by atoms with Gasteiger partial charge in [0.2, 0.25) is 0 Å². The summed E-state index contributed by atoms with van der Waals surface area (Å²) in [7, 11) is 0. The molecule has 9 nitrogen and oxygen atoms in total. The lowest BCUT2D eigenvalue weighted by molar-refractivity contribution is 0.0947. The first-order chi connectivity index (χ1) is 19.1. The molecule has 0 saturated carbocycles. The number of furan rings is 1. The van der Waals surface area contributed by atoms with Crippen LogP contribution in [0.5, 0.6) is 5.75 Å². The first kappa shape index (κ1) is 28.2. The molecule has 0 radical (unpaired) electrons. The number of carbonyl (C=O) groups is 3. The van der Waals surface area contributed by atoms with E-state index in [4.69, 9.17) is 20.6 Å². The predicted octanol–water partition coefficient (Wildman–Crippen LogP) is 4.36. The maximum Gasteiger partial charge on any atom is 0.312 e. The minimum atomic E-state index is -0.676. The number of rotatable bonds is 11. The molecular formula is C30H31FN4O5.